The minimum atomic E-state index is -0.383. The van der Waals surface area contributed by atoms with E-state index in [9.17, 15) is 10.1 Å². The van der Waals surface area contributed by atoms with Gasteiger partial charge in [0.15, 0.2) is 0 Å². The van der Waals surface area contributed by atoms with E-state index in [1.807, 2.05) is 35.7 Å². The number of benzene rings is 2. The quantitative estimate of drug-likeness (QED) is 0.414. The van der Waals surface area contributed by atoms with Crippen LogP contribution in [0, 0.1) is 17.0 Å². The van der Waals surface area contributed by atoms with E-state index in [-0.39, 0.29) is 16.6 Å². The molecule has 9 heteroatoms. The van der Waals surface area contributed by atoms with Gasteiger partial charge < -0.3 is 10.2 Å². The number of anilines is 1. The molecule has 0 radical (unpaired) electrons. The fourth-order valence-electron chi connectivity index (χ4n) is 2.64. The molecule has 0 spiro atoms. The second-order valence-electron chi connectivity index (χ2n) is 5.82. The van der Waals surface area contributed by atoms with Gasteiger partial charge in [-0.05, 0) is 19.1 Å². The van der Waals surface area contributed by atoms with Gasteiger partial charge in [0.2, 0.25) is 5.89 Å². The zero-order valence-corrected chi connectivity index (χ0v) is 14.9. The molecule has 2 aromatic carbocycles. The molecule has 0 aliphatic carbocycles. The maximum absolute atomic E-state index is 11.2. The first-order chi connectivity index (χ1) is 13.0. The third kappa shape index (κ3) is 3.27. The van der Waals surface area contributed by atoms with Crippen LogP contribution in [0.2, 0.25) is 0 Å². The highest BCUT2D eigenvalue weighted by molar-refractivity contribution is 7.13. The van der Waals surface area contributed by atoms with E-state index in [4.69, 9.17) is 10.2 Å². The van der Waals surface area contributed by atoms with Gasteiger partial charge in [0, 0.05) is 33.7 Å². The molecule has 4 rings (SSSR count). The van der Waals surface area contributed by atoms with Gasteiger partial charge in [-0.25, -0.2) is 4.98 Å². The molecule has 27 heavy (non-hydrogen) atoms. The third-order valence-corrected chi connectivity index (χ3v) is 4.89. The molecule has 0 aliphatic rings. The summed E-state index contributed by atoms with van der Waals surface area (Å²) < 4.78 is 5.26. The summed E-state index contributed by atoms with van der Waals surface area (Å²) in [6, 6.07) is 12.6. The summed E-state index contributed by atoms with van der Waals surface area (Å²) in [5.41, 5.74) is 9.18. The average molecular weight is 379 g/mol. The van der Waals surface area contributed by atoms with Crippen molar-refractivity contribution >= 4 is 23.0 Å². The molecule has 0 saturated heterocycles. The van der Waals surface area contributed by atoms with Crippen molar-refractivity contribution in [2.45, 2.75) is 6.92 Å². The van der Waals surface area contributed by atoms with E-state index in [0.717, 1.165) is 16.1 Å². The zero-order valence-electron chi connectivity index (χ0n) is 14.1. The Bertz CT molecular complexity index is 1150. The highest BCUT2D eigenvalue weighted by Gasteiger charge is 2.15. The van der Waals surface area contributed by atoms with Crippen LogP contribution < -0.4 is 5.73 Å². The number of hydrogen-bond acceptors (Lipinski definition) is 8. The predicted octanol–water partition coefficient (Wildman–Crippen LogP) is 4.33. The standard InChI is InChI=1S/C18H13N5O3S/c1-10-5-6-11(8-15(10)23(24)25)14-9-27-17(20-14)13-4-2-3-12(7-13)16-21-22-18(19)26-16/h2-9H,1H3,(H2,19,22). The molecule has 0 bridgehead atoms. The molecule has 8 nitrogen and oxygen atoms in total. The Hall–Kier alpha value is -3.59. The van der Waals surface area contributed by atoms with Crippen molar-refractivity contribution in [2.24, 2.45) is 0 Å². The lowest BCUT2D eigenvalue weighted by atomic mass is 10.1. The van der Waals surface area contributed by atoms with Crippen molar-refractivity contribution in [2.75, 3.05) is 5.73 Å². The van der Waals surface area contributed by atoms with Crippen LogP contribution in [0.25, 0.3) is 33.3 Å². The van der Waals surface area contributed by atoms with E-state index in [2.05, 4.69) is 15.2 Å². The first kappa shape index (κ1) is 16.9. The minimum Gasteiger partial charge on any atom is -0.404 e. The van der Waals surface area contributed by atoms with Crippen LogP contribution in [-0.4, -0.2) is 20.1 Å². The van der Waals surface area contributed by atoms with E-state index >= 15 is 0 Å². The number of nitrogens with zero attached hydrogens (tertiary/aromatic N) is 4. The topological polar surface area (TPSA) is 121 Å². The van der Waals surface area contributed by atoms with Crippen LogP contribution in [0.1, 0.15) is 5.56 Å². The lowest BCUT2D eigenvalue weighted by Crippen LogP contribution is -1.92. The lowest BCUT2D eigenvalue weighted by molar-refractivity contribution is -0.385. The maximum Gasteiger partial charge on any atom is 0.313 e. The van der Waals surface area contributed by atoms with Gasteiger partial charge in [0.05, 0.1) is 10.6 Å². The number of thiazole rings is 1. The predicted molar refractivity (Wildman–Crippen MR) is 102 cm³/mol. The number of nitrogen functional groups attached to an aromatic ring is 1. The van der Waals surface area contributed by atoms with Gasteiger partial charge in [0.1, 0.15) is 5.01 Å². The highest BCUT2D eigenvalue weighted by atomic mass is 32.1. The third-order valence-electron chi connectivity index (χ3n) is 4.00. The van der Waals surface area contributed by atoms with Gasteiger partial charge in [-0.1, -0.05) is 29.4 Å². The molecule has 2 heterocycles. The Balaban J connectivity index is 1.69. The second kappa shape index (κ2) is 6.61. The number of nitrogens with two attached hydrogens (primary N) is 1. The number of rotatable bonds is 4. The van der Waals surface area contributed by atoms with Crippen molar-refractivity contribution in [1.82, 2.24) is 15.2 Å². The largest absolute Gasteiger partial charge is 0.404 e. The van der Waals surface area contributed by atoms with Crippen molar-refractivity contribution < 1.29 is 9.34 Å². The van der Waals surface area contributed by atoms with Crippen LogP contribution >= 0.6 is 11.3 Å². The molecule has 0 saturated carbocycles. The van der Waals surface area contributed by atoms with E-state index in [1.54, 1.807) is 19.1 Å². The lowest BCUT2D eigenvalue weighted by Gasteiger charge is -2.01. The molecule has 4 aromatic rings. The highest BCUT2D eigenvalue weighted by Crippen LogP contribution is 2.33. The van der Waals surface area contributed by atoms with Crippen LogP contribution in [0.3, 0.4) is 0 Å². The minimum absolute atomic E-state index is 0.00732. The fraction of sp³-hybridized carbons (Fsp3) is 0.0556. The summed E-state index contributed by atoms with van der Waals surface area (Å²) in [5, 5.41) is 21.4. The summed E-state index contributed by atoms with van der Waals surface area (Å²) in [6.07, 6.45) is 0. The Morgan fingerprint density at radius 2 is 1.93 bits per heavy atom. The number of hydrogen-bond donors (Lipinski definition) is 1. The number of nitro benzene ring substituents is 1. The zero-order chi connectivity index (χ0) is 19.0. The summed E-state index contributed by atoms with van der Waals surface area (Å²) in [5.74, 6) is 0.334. The Morgan fingerprint density at radius 1 is 1.11 bits per heavy atom. The van der Waals surface area contributed by atoms with E-state index in [0.29, 0.717) is 22.7 Å². The normalized spacial score (nSPS) is 10.9. The monoisotopic (exact) mass is 379 g/mol. The molecule has 0 aliphatic heterocycles. The van der Waals surface area contributed by atoms with E-state index < -0.39 is 0 Å². The maximum atomic E-state index is 11.2. The van der Waals surface area contributed by atoms with Gasteiger partial charge in [-0.2, -0.15) is 0 Å². The summed E-state index contributed by atoms with van der Waals surface area (Å²) in [7, 11) is 0. The van der Waals surface area contributed by atoms with Gasteiger partial charge in [0.25, 0.3) is 5.69 Å². The first-order valence-corrected chi connectivity index (χ1v) is 8.80. The molecule has 0 amide bonds. The van der Waals surface area contributed by atoms with Gasteiger partial charge >= 0.3 is 6.01 Å². The molecule has 2 N–H and O–H groups in total. The number of aromatic nitrogens is 3. The van der Waals surface area contributed by atoms with Crippen molar-refractivity contribution in [1.29, 1.82) is 0 Å². The van der Waals surface area contributed by atoms with Crippen LogP contribution in [-0.2, 0) is 0 Å². The van der Waals surface area contributed by atoms with Gasteiger partial charge in [-0.3, -0.25) is 10.1 Å². The molecule has 0 unspecified atom stereocenters. The Morgan fingerprint density at radius 3 is 2.67 bits per heavy atom. The van der Waals surface area contributed by atoms with Gasteiger partial charge in [-0.15, -0.1) is 16.4 Å². The van der Waals surface area contributed by atoms with Crippen LogP contribution in [0.5, 0.6) is 0 Å². The molecular formula is C18H13N5O3S. The Labute approximate surface area is 157 Å². The Kier molecular flexibility index (Phi) is 4.13. The first-order valence-electron chi connectivity index (χ1n) is 7.92. The van der Waals surface area contributed by atoms with Crippen molar-refractivity contribution in [3.63, 3.8) is 0 Å². The number of aryl methyl sites for hydroxylation is 1. The van der Waals surface area contributed by atoms with Crippen LogP contribution in [0.15, 0.2) is 52.3 Å². The van der Waals surface area contributed by atoms with Crippen molar-refractivity contribution in [3.05, 3.63) is 63.5 Å². The molecule has 2 aromatic heterocycles. The molecule has 134 valence electrons. The van der Waals surface area contributed by atoms with E-state index in [1.165, 1.54) is 11.3 Å². The molecule has 0 atom stereocenters. The smallest absolute Gasteiger partial charge is 0.313 e. The number of nitro groups is 1. The average Bonchev–Trinajstić information content (AvgIpc) is 3.31. The summed E-state index contributed by atoms with van der Waals surface area (Å²) in [4.78, 5) is 15.4. The second-order valence-corrected chi connectivity index (χ2v) is 6.68. The van der Waals surface area contributed by atoms with Crippen LogP contribution in [0.4, 0.5) is 11.7 Å². The molecule has 0 fully saturated rings. The SMILES string of the molecule is Cc1ccc(-c2csc(-c3cccc(-c4nnc(N)o4)c3)n2)cc1[N+](=O)[O-]. The molecular weight excluding hydrogens is 366 g/mol. The fourth-order valence-corrected chi connectivity index (χ4v) is 3.47. The summed E-state index contributed by atoms with van der Waals surface area (Å²) >= 11 is 1.45. The van der Waals surface area contributed by atoms with Crippen molar-refractivity contribution in [3.8, 4) is 33.3 Å². The summed E-state index contributed by atoms with van der Waals surface area (Å²) in [6.45, 7) is 1.71.